The first-order valence-electron chi connectivity index (χ1n) is 6.73. The van der Waals surface area contributed by atoms with Crippen molar-refractivity contribution in [1.29, 1.82) is 0 Å². The van der Waals surface area contributed by atoms with E-state index in [1.54, 1.807) is 11.3 Å². The summed E-state index contributed by atoms with van der Waals surface area (Å²) in [4.78, 5) is 2.55. The van der Waals surface area contributed by atoms with E-state index < -0.39 is 0 Å². The molecule has 4 heteroatoms. The predicted octanol–water partition coefficient (Wildman–Crippen LogP) is 3.36. The average Bonchev–Trinajstić information content (AvgIpc) is 2.61. The van der Waals surface area contributed by atoms with E-state index in [1.807, 2.05) is 0 Å². The molecule has 0 spiro atoms. The zero-order valence-electron chi connectivity index (χ0n) is 11.2. The van der Waals surface area contributed by atoms with Crippen LogP contribution in [0.4, 0.5) is 0 Å². The molecule has 0 amide bonds. The van der Waals surface area contributed by atoms with Gasteiger partial charge in [-0.15, -0.1) is 11.3 Å². The van der Waals surface area contributed by atoms with Gasteiger partial charge in [0.15, 0.2) is 0 Å². The van der Waals surface area contributed by atoms with Crippen molar-refractivity contribution in [3.05, 3.63) is 20.8 Å². The molecule has 0 bridgehead atoms. The van der Waals surface area contributed by atoms with Crippen LogP contribution in [0.2, 0.25) is 0 Å². The molecule has 2 nitrogen and oxygen atoms in total. The van der Waals surface area contributed by atoms with E-state index in [2.05, 4.69) is 46.1 Å². The first kappa shape index (κ1) is 14.5. The summed E-state index contributed by atoms with van der Waals surface area (Å²) in [6, 6.07) is 2.60. The summed E-state index contributed by atoms with van der Waals surface area (Å²) in [5.41, 5.74) is 7.66. The van der Waals surface area contributed by atoms with Gasteiger partial charge in [0.2, 0.25) is 0 Å². The van der Waals surface area contributed by atoms with Crippen LogP contribution in [-0.4, -0.2) is 30.6 Å². The van der Waals surface area contributed by atoms with Crippen molar-refractivity contribution in [2.24, 2.45) is 17.6 Å². The highest BCUT2D eigenvalue weighted by Gasteiger charge is 2.25. The number of rotatable bonds is 4. The molecule has 0 aromatic carbocycles. The lowest BCUT2D eigenvalue weighted by Crippen LogP contribution is -2.48. The van der Waals surface area contributed by atoms with Crippen LogP contribution in [0, 0.1) is 11.8 Å². The van der Waals surface area contributed by atoms with Crippen molar-refractivity contribution in [3.8, 4) is 0 Å². The maximum absolute atomic E-state index is 6.20. The van der Waals surface area contributed by atoms with Crippen molar-refractivity contribution in [1.82, 2.24) is 4.90 Å². The Bertz CT molecular complexity index is 376. The molecule has 0 saturated carbocycles. The molecule has 2 heterocycles. The first-order valence-corrected chi connectivity index (χ1v) is 8.41. The van der Waals surface area contributed by atoms with Crippen LogP contribution >= 0.6 is 27.3 Å². The van der Waals surface area contributed by atoms with Gasteiger partial charge in [0.1, 0.15) is 0 Å². The number of likely N-dealkylation sites (tertiary alicyclic amines) is 1. The van der Waals surface area contributed by atoms with Gasteiger partial charge < -0.3 is 10.6 Å². The third kappa shape index (κ3) is 4.34. The van der Waals surface area contributed by atoms with Crippen LogP contribution in [0.3, 0.4) is 0 Å². The Balaban J connectivity index is 1.91. The Morgan fingerprint density at radius 3 is 2.89 bits per heavy atom. The molecule has 1 saturated heterocycles. The quantitative estimate of drug-likeness (QED) is 0.917. The van der Waals surface area contributed by atoms with Crippen molar-refractivity contribution in [3.63, 3.8) is 0 Å². The Kier molecular flexibility index (Phi) is 5.24. The minimum atomic E-state index is 0.351. The molecule has 102 valence electrons. The number of thiophene rings is 1. The summed E-state index contributed by atoms with van der Waals surface area (Å²) in [7, 11) is 0. The third-order valence-electron chi connectivity index (χ3n) is 3.41. The lowest BCUT2D eigenvalue weighted by molar-refractivity contribution is 0.142. The SMILES string of the molecule is CC(C)CN1CC(N)CC(Cc2csc(Br)c2)C1. The summed E-state index contributed by atoms with van der Waals surface area (Å²) in [6.07, 6.45) is 2.34. The van der Waals surface area contributed by atoms with E-state index in [-0.39, 0.29) is 0 Å². The van der Waals surface area contributed by atoms with Gasteiger partial charge >= 0.3 is 0 Å². The average molecular weight is 331 g/mol. The van der Waals surface area contributed by atoms with Crippen LogP contribution in [0.1, 0.15) is 25.8 Å². The smallest absolute Gasteiger partial charge is 0.0701 e. The van der Waals surface area contributed by atoms with Crippen molar-refractivity contribution in [2.75, 3.05) is 19.6 Å². The number of nitrogens with zero attached hydrogens (tertiary/aromatic N) is 1. The summed E-state index contributed by atoms with van der Waals surface area (Å²) in [5.74, 6) is 1.44. The van der Waals surface area contributed by atoms with Crippen LogP contribution in [-0.2, 0) is 6.42 Å². The molecule has 2 rings (SSSR count). The van der Waals surface area contributed by atoms with Crippen molar-refractivity contribution < 1.29 is 0 Å². The molecular weight excluding hydrogens is 308 g/mol. The standard InChI is InChI=1S/C14H23BrN2S/c1-10(2)6-17-7-11(4-13(16)8-17)3-12-5-14(15)18-9-12/h5,9-11,13H,3-4,6-8,16H2,1-2H3. The number of hydrogen-bond acceptors (Lipinski definition) is 3. The van der Waals surface area contributed by atoms with Crippen LogP contribution in [0.25, 0.3) is 0 Å². The normalized spacial score (nSPS) is 25.8. The van der Waals surface area contributed by atoms with Gasteiger partial charge in [0.05, 0.1) is 3.79 Å². The molecule has 1 aliphatic rings. The highest BCUT2D eigenvalue weighted by atomic mass is 79.9. The molecule has 18 heavy (non-hydrogen) atoms. The Labute approximate surface area is 123 Å². The summed E-state index contributed by atoms with van der Waals surface area (Å²) >= 11 is 5.31. The van der Waals surface area contributed by atoms with E-state index in [0.29, 0.717) is 12.0 Å². The van der Waals surface area contributed by atoms with E-state index >= 15 is 0 Å². The number of piperidine rings is 1. The van der Waals surface area contributed by atoms with Crippen molar-refractivity contribution in [2.45, 2.75) is 32.7 Å². The fourth-order valence-corrected chi connectivity index (χ4v) is 4.17. The maximum atomic E-state index is 6.20. The second-order valence-corrected chi connectivity index (χ2v) is 8.23. The van der Waals surface area contributed by atoms with Crippen LogP contribution in [0.15, 0.2) is 15.2 Å². The fraction of sp³-hybridized carbons (Fsp3) is 0.714. The van der Waals surface area contributed by atoms with Gasteiger partial charge in [0, 0.05) is 25.7 Å². The van der Waals surface area contributed by atoms with Gasteiger partial charge in [-0.05, 0) is 57.6 Å². The molecule has 2 unspecified atom stereocenters. The number of hydrogen-bond donors (Lipinski definition) is 1. The summed E-state index contributed by atoms with van der Waals surface area (Å²) in [5, 5.41) is 2.26. The highest BCUT2D eigenvalue weighted by molar-refractivity contribution is 9.11. The van der Waals surface area contributed by atoms with Crippen LogP contribution < -0.4 is 5.73 Å². The largest absolute Gasteiger partial charge is 0.327 e. The molecule has 0 radical (unpaired) electrons. The van der Waals surface area contributed by atoms with Gasteiger partial charge in [-0.2, -0.15) is 0 Å². The number of halogens is 1. The monoisotopic (exact) mass is 330 g/mol. The molecule has 2 atom stereocenters. The molecule has 1 fully saturated rings. The van der Waals surface area contributed by atoms with E-state index in [0.717, 1.165) is 12.5 Å². The van der Waals surface area contributed by atoms with Gasteiger partial charge in [0.25, 0.3) is 0 Å². The van der Waals surface area contributed by atoms with E-state index in [4.69, 9.17) is 5.73 Å². The topological polar surface area (TPSA) is 29.3 Å². The minimum absolute atomic E-state index is 0.351. The minimum Gasteiger partial charge on any atom is -0.327 e. The van der Waals surface area contributed by atoms with Gasteiger partial charge in [-0.25, -0.2) is 0 Å². The fourth-order valence-electron chi connectivity index (χ4n) is 2.95. The lowest BCUT2D eigenvalue weighted by atomic mass is 9.89. The van der Waals surface area contributed by atoms with E-state index in [1.165, 1.54) is 35.3 Å². The molecule has 2 N–H and O–H groups in total. The molecule has 0 aliphatic carbocycles. The molecule has 1 aliphatic heterocycles. The van der Waals surface area contributed by atoms with Gasteiger partial charge in [-0.3, -0.25) is 0 Å². The Hall–Kier alpha value is 0.100. The molecular formula is C14H23BrN2S. The molecule has 1 aromatic rings. The Morgan fingerprint density at radius 1 is 1.50 bits per heavy atom. The summed E-state index contributed by atoms with van der Waals surface area (Å²) < 4.78 is 1.23. The second-order valence-electron chi connectivity index (χ2n) is 5.94. The maximum Gasteiger partial charge on any atom is 0.0701 e. The Morgan fingerprint density at radius 2 is 2.28 bits per heavy atom. The molecule has 1 aromatic heterocycles. The number of nitrogens with two attached hydrogens (primary N) is 1. The zero-order valence-corrected chi connectivity index (χ0v) is 13.6. The van der Waals surface area contributed by atoms with Gasteiger partial charge in [-0.1, -0.05) is 13.8 Å². The predicted molar refractivity (Wildman–Crippen MR) is 83.1 cm³/mol. The van der Waals surface area contributed by atoms with Crippen LogP contribution in [0.5, 0.6) is 0 Å². The lowest BCUT2D eigenvalue weighted by Gasteiger charge is -2.37. The highest BCUT2D eigenvalue weighted by Crippen LogP contribution is 2.26. The van der Waals surface area contributed by atoms with Crippen molar-refractivity contribution >= 4 is 27.3 Å². The first-order chi connectivity index (χ1) is 8.52. The zero-order chi connectivity index (χ0) is 13.1. The van der Waals surface area contributed by atoms with E-state index in [9.17, 15) is 0 Å². The third-order valence-corrected chi connectivity index (χ3v) is 4.97. The second kappa shape index (κ2) is 6.51. The summed E-state index contributed by atoms with van der Waals surface area (Å²) in [6.45, 7) is 8.02.